The quantitative estimate of drug-likeness (QED) is 0.826. The molecule has 0 spiro atoms. The van der Waals surface area contributed by atoms with Gasteiger partial charge in [0.2, 0.25) is 10.0 Å². The maximum absolute atomic E-state index is 12.5. The first-order chi connectivity index (χ1) is 9.90. The first-order valence-corrected chi connectivity index (χ1v) is 9.40. The number of nitrogen functional groups attached to an aromatic ring is 1. The van der Waals surface area contributed by atoms with Gasteiger partial charge in [0.25, 0.3) is 0 Å². The van der Waals surface area contributed by atoms with E-state index in [4.69, 9.17) is 28.9 Å². The number of nitrogens with two attached hydrogens (primary N) is 1. The van der Waals surface area contributed by atoms with Crippen molar-refractivity contribution in [2.24, 2.45) is 23.7 Å². The van der Waals surface area contributed by atoms with E-state index < -0.39 is 10.0 Å². The molecule has 0 amide bonds. The highest BCUT2D eigenvalue weighted by Gasteiger charge is 2.65. The largest absolute Gasteiger partial charge is 0.396 e. The van der Waals surface area contributed by atoms with Gasteiger partial charge in [0.05, 0.1) is 15.7 Å². The summed E-state index contributed by atoms with van der Waals surface area (Å²) < 4.78 is 27.9. The number of hydrogen-bond acceptors (Lipinski definition) is 3. The van der Waals surface area contributed by atoms with Crippen LogP contribution in [0.2, 0.25) is 10.0 Å². The van der Waals surface area contributed by atoms with Crippen molar-refractivity contribution in [3.8, 4) is 0 Å². The monoisotopic (exact) mass is 346 g/mol. The molecule has 4 atom stereocenters. The Morgan fingerprint density at radius 2 is 1.76 bits per heavy atom. The third kappa shape index (κ3) is 2.01. The number of sulfonamides is 1. The van der Waals surface area contributed by atoms with Crippen molar-refractivity contribution in [1.29, 1.82) is 0 Å². The van der Waals surface area contributed by atoms with Crippen LogP contribution in [0.3, 0.4) is 0 Å². The number of benzene rings is 1. The van der Waals surface area contributed by atoms with E-state index >= 15 is 0 Å². The summed E-state index contributed by atoms with van der Waals surface area (Å²) >= 11 is 11.9. The normalized spacial score (nSPS) is 36.8. The third-order valence-electron chi connectivity index (χ3n) is 5.41. The van der Waals surface area contributed by atoms with Crippen LogP contribution in [0.4, 0.5) is 5.69 Å². The number of anilines is 1. The van der Waals surface area contributed by atoms with Gasteiger partial charge < -0.3 is 5.73 Å². The first kappa shape index (κ1) is 14.1. The van der Waals surface area contributed by atoms with Crippen LogP contribution in [-0.2, 0) is 10.0 Å². The van der Waals surface area contributed by atoms with Crippen molar-refractivity contribution in [1.82, 2.24) is 4.72 Å². The van der Waals surface area contributed by atoms with E-state index in [9.17, 15) is 8.42 Å². The lowest BCUT2D eigenvalue weighted by Crippen LogP contribution is -2.30. The van der Waals surface area contributed by atoms with Gasteiger partial charge in [-0.05, 0) is 55.1 Å². The average molecular weight is 347 g/mol. The zero-order valence-electron chi connectivity index (χ0n) is 11.2. The second kappa shape index (κ2) is 4.51. The summed E-state index contributed by atoms with van der Waals surface area (Å²) in [5.41, 5.74) is 5.82. The SMILES string of the molecule is Nc1c(Cl)ccc(S(=O)(=O)NC2C3C4CCC(C4)C23)c1Cl. The Kier molecular flexibility index (Phi) is 3.03. The molecule has 0 radical (unpaired) electrons. The fourth-order valence-electron chi connectivity index (χ4n) is 4.48. The molecular formula is C14H16Cl2N2O2S. The fourth-order valence-corrected chi connectivity index (χ4v) is 6.55. The molecule has 0 aliphatic heterocycles. The first-order valence-electron chi connectivity index (χ1n) is 7.16. The van der Waals surface area contributed by atoms with Crippen molar-refractivity contribution >= 4 is 38.9 Å². The van der Waals surface area contributed by atoms with Gasteiger partial charge in [-0.2, -0.15) is 0 Å². The highest BCUT2D eigenvalue weighted by Crippen LogP contribution is 2.65. The molecule has 0 heterocycles. The van der Waals surface area contributed by atoms with Crippen molar-refractivity contribution in [3.05, 3.63) is 22.2 Å². The van der Waals surface area contributed by atoms with Crippen molar-refractivity contribution in [2.45, 2.75) is 30.2 Å². The molecule has 1 aromatic carbocycles. The molecule has 2 bridgehead atoms. The summed E-state index contributed by atoms with van der Waals surface area (Å²) in [7, 11) is -3.65. The molecule has 1 aromatic rings. The number of rotatable bonds is 3. The van der Waals surface area contributed by atoms with E-state index in [0.29, 0.717) is 23.7 Å². The summed E-state index contributed by atoms with van der Waals surface area (Å²) in [4.78, 5) is 0.0170. The Morgan fingerprint density at radius 1 is 1.14 bits per heavy atom. The van der Waals surface area contributed by atoms with E-state index in [1.165, 1.54) is 31.4 Å². The Hall–Kier alpha value is -0.490. The lowest BCUT2D eigenvalue weighted by Gasteiger charge is -2.13. The van der Waals surface area contributed by atoms with E-state index in [2.05, 4.69) is 4.72 Å². The van der Waals surface area contributed by atoms with Crippen molar-refractivity contribution in [2.75, 3.05) is 5.73 Å². The topological polar surface area (TPSA) is 72.2 Å². The highest BCUT2D eigenvalue weighted by atomic mass is 35.5. The minimum atomic E-state index is -3.65. The number of nitrogens with one attached hydrogen (secondary N) is 1. The van der Waals surface area contributed by atoms with Gasteiger partial charge in [0.15, 0.2) is 0 Å². The Morgan fingerprint density at radius 3 is 2.38 bits per heavy atom. The number of halogens is 2. The number of fused-ring (bicyclic) bond motifs is 5. The summed E-state index contributed by atoms with van der Waals surface area (Å²) in [6.45, 7) is 0. The van der Waals surface area contributed by atoms with Gasteiger partial charge >= 0.3 is 0 Å². The van der Waals surface area contributed by atoms with Crippen LogP contribution in [0.5, 0.6) is 0 Å². The average Bonchev–Trinajstić information content (AvgIpc) is 2.83. The third-order valence-corrected chi connectivity index (χ3v) is 7.76. The summed E-state index contributed by atoms with van der Waals surface area (Å²) in [5, 5.41) is 0.268. The molecule has 21 heavy (non-hydrogen) atoms. The van der Waals surface area contributed by atoms with Crippen LogP contribution in [0.15, 0.2) is 17.0 Å². The Bertz CT molecular complexity index is 706. The maximum atomic E-state index is 12.5. The second-order valence-corrected chi connectivity index (χ2v) is 8.88. The predicted octanol–water partition coefficient (Wildman–Crippen LogP) is 2.90. The zero-order chi connectivity index (χ0) is 14.9. The lowest BCUT2D eigenvalue weighted by atomic mass is 10.0. The van der Waals surface area contributed by atoms with Crippen LogP contribution < -0.4 is 10.5 Å². The molecule has 4 rings (SSSR count). The Labute approximate surface area is 134 Å². The Balaban J connectivity index is 1.60. The van der Waals surface area contributed by atoms with E-state index in [1.54, 1.807) is 0 Å². The lowest BCUT2D eigenvalue weighted by molar-refractivity contribution is 0.456. The predicted molar refractivity (Wildman–Crippen MR) is 82.8 cm³/mol. The van der Waals surface area contributed by atoms with Gasteiger partial charge in [-0.25, -0.2) is 13.1 Å². The zero-order valence-corrected chi connectivity index (χ0v) is 13.5. The van der Waals surface area contributed by atoms with Crippen LogP contribution in [-0.4, -0.2) is 14.5 Å². The maximum Gasteiger partial charge on any atom is 0.242 e. The molecule has 3 aliphatic rings. The van der Waals surface area contributed by atoms with Crippen LogP contribution in [0.1, 0.15) is 19.3 Å². The van der Waals surface area contributed by atoms with Crippen LogP contribution >= 0.6 is 23.2 Å². The molecule has 3 saturated carbocycles. The van der Waals surface area contributed by atoms with Crippen LogP contribution in [0, 0.1) is 23.7 Å². The van der Waals surface area contributed by atoms with Gasteiger partial charge in [-0.1, -0.05) is 23.2 Å². The van der Waals surface area contributed by atoms with Crippen molar-refractivity contribution < 1.29 is 8.42 Å². The smallest absolute Gasteiger partial charge is 0.242 e. The molecule has 3 aliphatic carbocycles. The molecule has 3 fully saturated rings. The summed E-state index contributed by atoms with van der Waals surface area (Å²) in [6.07, 6.45) is 3.78. The second-order valence-electron chi connectivity index (χ2n) is 6.41. The van der Waals surface area contributed by atoms with E-state index in [-0.39, 0.29) is 26.7 Å². The highest BCUT2D eigenvalue weighted by molar-refractivity contribution is 7.89. The van der Waals surface area contributed by atoms with Gasteiger partial charge in [0.1, 0.15) is 4.90 Å². The minimum absolute atomic E-state index is 0.00350. The standard InChI is InChI=1S/C14H16Cl2N2O2S/c15-8-3-4-9(12(16)13(8)17)21(19,20)18-14-10-6-1-2-7(5-6)11(10)14/h3-4,6-7,10-11,14,18H,1-2,5,17H2. The molecule has 0 saturated heterocycles. The molecule has 7 heteroatoms. The minimum Gasteiger partial charge on any atom is -0.396 e. The molecular weight excluding hydrogens is 331 g/mol. The molecule has 114 valence electrons. The fraction of sp³-hybridized carbons (Fsp3) is 0.571. The molecule has 4 nitrogen and oxygen atoms in total. The van der Waals surface area contributed by atoms with Crippen LogP contribution in [0.25, 0.3) is 0 Å². The summed E-state index contributed by atoms with van der Waals surface area (Å²) in [6, 6.07) is 2.96. The van der Waals surface area contributed by atoms with E-state index in [1.807, 2.05) is 0 Å². The van der Waals surface area contributed by atoms with Crippen molar-refractivity contribution in [3.63, 3.8) is 0 Å². The van der Waals surface area contributed by atoms with Gasteiger partial charge in [-0.3, -0.25) is 0 Å². The summed E-state index contributed by atoms with van der Waals surface area (Å²) in [5.74, 6) is 2.47. The van der Waals surface area contributed by atoms with E-state index in [0.717, 1.165) is 0 Å². The molecule has 3 N–H and O–H groups in total. The molecule has 4 unspecified atom stereocenters. The van der Waals surface area contributed by atoms with Gasteiger partial charge in [0, 0.05) is 6.04 Å². The van der Waals surface area contributed by atoms with Gasteiger partial charge in [-0.15, -0.1) is 0 Å². The molecule has 0 aromatic heterocycles. The number of hydrogen-bond donors (Lipinski definition) is 2.